The monoisotopic (exact) mass is 239 g/mol. The van der Waals surface area contributed by atoms with Gasteiger partial charge in [-0.25, -0.2) is 4.79 Å². The number of carbonyl (C=O) groups is 1. The minimum Gasteiger partial charge on any atom is -0.335 e. The van der Waals surface area contributed by atoms with E-state index in [0.29, 0.717) is 18.0 Å². The number of urea groups is 1. The van der Waals surface area contributed by atoms with Gasteiger partial charge in [0.1, 0.15) is 0 Å². The molecule has 1 aliphatic carbocycles. The lowest BCUT2D eigenvalue weighted by atomic mass is 9.98. The molecule has 1 unspecified atom stereocenters. The highest BCUT2D eigenvalue weighted by Gasteiger charge is 2.28. The van der Waals surface area contributed by atoms with E-state index in [1.807, 2.05) is 4.90 Å². The van der Waals surface area contributed by atoms with Crippen LogP contribution < -0.4 is 10.6 Å². The average molecular weight is 239 g/mol. The Hall–Kier alpha value is -0.770. The molecule has 4 nitrogen and oxygen atoms in total. The SMILES string of the molecule is CC(C)NCC1CCCN(C(=O)NC2CC2)C1. The molecule has 2 rings (SSSR count). The normalized spacial score (nSPS) is 25.1. The van der Waals surface area contributed by atoms with Crippen LogP contribution >= 0.6 is 0 Å². The highest BCUT2D eigenvalue weighted by Crippen LogP contribution is 2.21. The van der Waals surface area contributed by atoms with Gasteiger partial charge in [0.25, 0.3) is 0 Å². The zero-order valence-corrected chi connectivity index (χ0v) is 11.0. The molecule has 0 aromatic carbocycles. The van der Waals surface area contributed by atoms with Crippen molar-refractivity contribution in [3.8, 4) is 0 Å². The Kier molecular flexibility index (Phi) is 4.26. The Morgan fingerprint density at radius 2 is 2.12 bits per heavy atom. The lowest BCUT2D eigenvalue weighted by molar-refractivity contribution is 0.163. The van der Waals surface area contributed by atoms with Crippen molar-refractivity contribution < 1.29 is 4.79 Å². The van der Waals surface area contributed by atoms with Crippen LogP contribution in [0.4, 0.5) is 4.79 Å². The van der Waals surface area contributed by atoms with E-state index >= 15 is 0 Å². The lowest BCUT2D eigenvalue weighted by Crippen LogP contribution is -2.48. The van der Waals surface area contributed by atoms with Crippen LogP contribution in [0.1, 0.15) is 39.5 Å². The number of hydrogen-bond acceptors (Lipinski definition) is 2. The minimum absolute atomic E-state index is 0.154. The second kappa shape index (κ2) is 5.71. The minimum atomic E-state index is 0.154. The quantitative estimate of drug-likeness (QED) is 0.782. The topological polar surface area (TPSA) is 44.4 Å². The smallest absolute Gasteiger partial charge is 0.317 e. The predicted octanol–water partition coefficient (Wildman–Crippen LogP) is 1.57. The molecule has 0 aromatic rings. The molecule has 17 heavy (non-hydrogen) atoms. The van der Waals surface area contributed by atoms with Gasteiger partial charge >= 0.3 is 6.03 Å². The van der Waals surface area contributed by atoms with Gasteiger partial charge in [0.05, 0.1) is 0 Å². The summed E-state index contributed by atoms with van der Waals surface area (Å²) in [5.41, 5.74) is 0. The molecule has 0 spiro atoms. The van der Waals surface area contributed by atoms with Crippen molar-refractivity contribution in [2.24, 2.45) is 5.92 Å². The number of piperidine rings is 1. The third-order valence-electron chi connectivity index (χ3n) is 3.53. The Bertz CT molecular complexity index is 263. The number of hydrogen-bond donors (Lipinski definition) is 2. The fourth-order valence-electron chi connectivity index (χ4n) is 2.31. The molecule has 98 valence electrons. The molecule has 0 aromatic heterocycles. The summed E-state index contributed by atoms with van der Waals surface area (Å²) in [7, 11) is 0. The maximum Gasteiger partial charge on any atom is 0.317 e. The first-order chi connectivity index (χ1) is 8.15. The second-order valence-electron chi connectivity index (χ2n) is 5.74. The second-order valence-corrected chi connectivity index (χ2v) is 5.74. The van der Waals surface area contributed by atoms with Crippen LogP contribution in [0, 0.1) is 5.92 Å². The van der Waals surface area contributed by atoms with Gasteiger partial charge in [-0.05, 0) is 38.1 Å². The first kappa shape index (κ1) is 12.7. The first-order valence-electron chi connectivity index (χ1n) is 6.94. The number of likely N-dealkylation sites (tertiary alicyclic amines) is 1. The van der Waals surface area contributed by atoms with Crippen molar-refractivity contribution in [2.75, 3.05) is 19.6 Å². The van der Waals surface area contributed by atoms with Gasteiger partial charge in [0.2, 0.25) is 0 Å². The molecule has 1 heterocycles. The number of nitrogens with zero attached hydrogens (tertiary/aromatic N) is 1. The zero-order chi connectivity index (χ0) is 12.3. The van der Waals surface area contributed by atoms with E-state index in [2.05, 4.69) is 24.5 Å². The van der Waals surface area contributed by atoms with E-state index in [0.717, 1.165) is 38.9 Å². The summed E-state index contributed by atoms with van der Waals surface area (Å²) in [6, 6.07) is 1.16. The Morgan fingerprint density at radius 1 is 1.35 bits per heavy atom. The number of amides is 2. The molecule has 2 fully saturated rings. The van der Waals surface area contributed by atoms with Crippen molar-refractivity contribution in [2.45, 2.75) is 51.6 Å². The van der Waals surface area contributed by atoms with Gasteiger partial charge in [-0.1, -0.05) is 13.8 Å². The van der Waals surface area contributed by atoms with Crippen LogP contribution in [0.5, 0.6) is 0 Å². The maximum absolute atomic E-state index is 11.9. The van der Waals surface area contributed by atoms with E-state index < -0.39 is 0 Å². The average Bonchev–Trinajstić information content (AvgIpc) is 3.10. The van der Waals surface area contributed by atoms with E-state index in [9.17, 15) is 4.79 Å². The van der Waals surface area contributed by atoms with Gasteiger partial charge < -0.3 is 15.5 Å². The van der Waals surface area contributed by atoms with Gasteiger partial charge in [-0.3, -0.25) is 0 Å². The summed E-state index contributed by atoms with van der Waals surface area (Å²) in [6.07, 6.45) is 4.71. The summed E-state index contributed by atoms with van der Waals surface area (Å²) in [5.74, 6) is 0.621. The summed E-state index contributed by atoms with van der Waals surface area (Å²) >= 11 is 0. The van der Waals surface area contributed by atoms with Crippen molar-refractivity contribution in [1.82, 2.24) is 15.5 Å². The maximum atomic E-state index is 11.9. The molecule has 0 bridgehead atoms. The molecule has 4 heteroatoms. The Labute approximate surface area is 104 Å². The van der Waals surface area contributed by atoms with Gasteiger partial charge in [0, 0.05) is 25.2 Å². The Balaban J connectivity index is 1.73. The van der Waals surface area contributed by atoms with Crippen molar-refractivity contribution in [3.63, 3.8) is 0 Å². The molecule has 0 radical (unpaired) electrons. The van der Waals surface area contributed by atoms with Crippen LogP contribution in [0.15, 0.2) is 0 Å². The van der Waals surface area contributed by atoms with Crippen molar-refractivity contribution in [1.29, 1.82) is 0 Å². The predicted molar refractivity (Wildman–Crippen MR) is 69.0 cm³/mol. The molecule has 1 atom stereocenters. The lowest BCUT2D eigenvalue weighted by Gasteiger charge is -2.33. The first-order valence-corrected chi connectivity index (χ1v) is 6.94. The van der Waals surface area contributed by atoms with Crippen LogP contribution in [0.25, 0.3) is 0 Å². The largest absolute Gasteiger partial charge is 0.335 e. The summed E-state index contributed by atoms with van der Waals surface area (Å²) in [4.78, 5) is 13.9. The summed E-state index contributed by atoms with van der Waals surface area (Å²) in [6.45, 7) is 7.21. The van der Waals surface area contributed by atoms with E-state index in [1.165, 1.54) is 6.42 Å². The molecule has 1 saturated heterocycles. The summed E-state index contributed by atoms with van der Waals surface area (Å²) < 4.78 is 0. The van der Waals surface area contributed by atoms with Gasteiger partial charge in [0.15, 0.2) is 0 Å². The molecule has 2 N–H and O–H groups in total. The molecule has 1 aliphatic heterocycles. The molecular formula is C13H25N3O. The van der Waals surface area contributed by atoms with Crippen molar-refractivity contribution >= 4 is 6.03 Å². The van der Waals surface area contributed by atoms with Crippen LogP contribution in [0.2, 0.25) is 0 Å². The highest BCUT2D eigenvalue weighted by atomic mass is 16.2. The van der Waals surface area contributed by atoms with Gasteiger partial charge in [-0.15, -0.1) is 0 Å². The molecule has 2 amide bonds. The number of rotatable bonds is 4. The fourth-order valence-corrected chi connectivity index (χ4v) is 2.31. The molecule has 1 saturated carbocycles. The third kappa shape index (κ3) is 4.19. The van der Waals surface area contributed by atoms with E-state index in [1.54, 1.807) is 0 Å². The number of carbonyl (C=O) groups excluding carboxylic acids is 1. The zero-order valence-electron chi connectivity index (χ0n) is 11.0. The standard InChI is InChI=1S/C13H25N3O/c1-10(2)14-8-11-4-3-7-16(9-11)13(17)15-12-5-6-12/h10-12,14H,3-9H2,1-2H3,(H,15,17). The van der Waals surface area contributed by atoms with E-state index in [-0.39, 0.29) is 6.03 Å². The van der Waals surface area contributed by atoms with E-state index in [4.69, 9.17) is 0 Å². The Morgan fingerprint density at radius 3 is 2.76 bits per heavy atom. The number of nitrogens with one attached hydrogen (secondary N) is 2. The molecule has 2 aliphatic rings. The van der Waals surface area contributed by atoms with Crippen molar-refractivity contribution in [3.05, 3.63) is 0 Å². The fraction of sp³-hybridized carbons (Fsp3) is 0.923. The molecular weight excluding hydrogens is 214 g/mol. The third-order valence-corrected chi connectivity index (χ3v) is 3.53. The summed E-state index contributed by atoms with van der Waals surface area (Å²) in [5, 5.41) is 6.54. The van der Waals surface area contributed by atoms with Crippen LogP contribution in [-0.4, -0.2) is 42.6 Å². The van der Waals surface area contributed by atoms with Crippen LogP contribution in [0.3, 0.4) is 0 Å². The highest BCUT2D eigenvalue weighted by molar-refractivity contribution is 5.75. The van der Waals surface area contributed by atoms with Gasteiger partial charge in [-0.2, -0.15) is 0 Å². The van der Waals surface area contributed by atoms with Crippen LogP contribution in [-0.2, 0) is 0 Å².